The fourth-order valence-electron chi connectivity index (χ4n) is 1.95. The molecule has 0 saturated heterocycles. The Kier molecular flexibility index (Phi) is 7.09. The van der Waals surface area contributed by atoms with Gasteiger partial charge >= 0.3 is 0 Å². The van der Waals surface area contributed by atoms with Gasteiger partial charge in [0.15, 0.2) is 0 Å². The van der Waals surface area contributed by atoms with Crippen molar-refractivity contribution in [2.75, 3.05) is 11.9 Å². The lowest BCUT2D eigenvalue weighted by molar-refractivity contribution is 0.276. The molecule has 0 fully saturated rings. The van der Waals surface area contributed by atoms with E-state index in [1.54, 1.807) is 0 Å². The predicted molar refractivity (Wildman–Crippen MR) is 86.1 cm³/mol. The van der Waals surface area contributed by atoms with Crippen molar-refractivity contribution >= 4 is 18.1 Å². The molecule has 0 unspecified atom stereocenters. The van der Waals surface area contributed by atoms with Gasteiger partial charge in [0, 0.05) is 24.9 Å². The number of hydrogen-bond donors (Lipinski definition) is 3. The summed E-state index contributed by atoms with van der Waals surface area (Å²) in [7, 11) is 0. The van der Waals surface area contributed by atoms with Crippen LogP contribution in [0.15, 0.2) is 54.6 Å². The summed E-state index contributed by atoms with van der Waals surface area (Å²) < 4.78 is 0. The highest BCUT2D eigenvalue weighted by atomic mass is 35.5. The zero-order chi connectivity index (χ0) is 13.5. The number of aliphatic hydroxyl groups excluding tert-OH is 1. The molecular formula is C16H21ClN2O. The lowest BCUT2D eigenvalue weighted by Gasteiger charge is -2.12. The van der Waals surface area contributed by atoms with Crippen LogP contribution < -0.4 is 11.1 Å². The van der Waals surface area contributed by atoms with Gasteiger partial charge < -0.3 is 16.2 Å². The second-order valence-corrected chi connectivity index (χ2v) is 4.58. The van der Waals surface area contributed by atoms with E-state index >= 15 is 0 Å². The minimum Gasteiger partial charge on any atom is -0.396 e. The van der Waals surface area contributed by atoms with Crippen LogP contribution in [-0.4, -0.2) is 11.7 Å². The summed E-state index contributed by atoms with van der Waals surface area (Å²) in [6, 6.07) is 18.2. The van der Waals surface area contributed by atoms with Crippen molar-refractivity contribution in [2.24, 2.45) is 5.73 Å². The molecule has 0 bridgehead atoms. The van der Waals surface area contributed by atoms with Crippen molar-refractivity contribution in [1.29, 1.82) is 0 Å². The van der Waals surface area contributed by atoms with Gasteiger partial charge in [0.2, 0.25) is 0 Å². The molecule has 0 aliphatic carbocycles. The maximum absolute atomic E-state index is 8.87. The van der Waals surface area contributed by atoms with E-state index in [0.29, 0.717) is 6.42 Å². The summed E-state index contributed by atoms with van der Waals surface area (Å²) in [6.45, 7) is 0.929. The molecule has 0 amide bonds. The summed E-state index contributed by atoms with van der Waals surface area (Å²) >= 11 is 0. The predicted octanol–water partition coefficient (Wildman–Crippen LogP) is 3.10. The average molecular weight is 293 g/mol. The van der Waals surface area contributed by atoms with Crippen molar-refractivity contribution in [2.45, 2.75) is 19.0 Å². The lowest BCUT2D eigenvalue weighted by Crippen LogP contribution is -2.11. The van der Waals surface area contributed by atoms with Gasteiger partial charge in [0.25, 0.3) is 0 Å². The summed E-state index contributed by atoms with van der Waals surface area (Å²) in [6.07, 6.45) is 0.594. The third-order valence-electron chi connectivity index (χ3n) is 3.12. The quantitative estimate of drug-likeness (QED) is 0.767. The third-order valence-corrected chi connectivity index (χ3v) is 3.12. The average Bonchev–Trinajstić information content (AvgIpc) is 2.47. The van der Waals surface area contributed by atoms with Gasteiger partial charge in [-0.15, -0.1) is 12.4 Å². The molecule has 108 valence electrons. The molecule has 3 nitrogen and oxygen atoms in total. The molecule has 2 aromatic rings. The first-order chi connectivity index (χ1) is 9.29. The Morgan fingerprint density at radius 2 is 1.65 bits per heavy atom. The van der Waals surface area contributed by atoms with Gasteiger partial charge in [-0.2, -0.15) is 0 Å². The first-order valence-electron chi connectivity index (χ1n) is 6.54. The van der Waals surface area contributed by atoms with Crippen LogP contribution in [0.25, 0.3) is 0 Å². The summed E-state index contributed by atoms with van der Waals surface area (Å²) in [5.74, 6) is 0. The SMILES string of the molecule is Cl.N[C@@H](CCO)c1ccc(NCc2ccccc2)cc1. The van der Waals surface area contributed by atoms with E-state index in [1.807, 2.05) is 42.5 Å². The smallest absolute Gasteiger partial charge is 0.0449 e. The Bertz CT molecular complexity index is 488. The maximum Gasteiger partial charge on any atom is 0.0449 e. The number of hydrogen-bond acceptors (Lipinski definition) is 3. The minimum atomic E-state index is -0.0897. The van der Waals surface area contributed by atoms with Crippen LogP contribution >= 0.6 is 12.4 Å². The molecule has 0 aliphatic heterocycles. The lowest BCUT2D eigenvalue weighted by atomic mass is 10.0. The van der Waals surface area contributed by atoms with E-state index in [-0.39, 0.29) is 25.1 Å². The molecule has 2 aromatic carbocycles. The van der Waals surface area contributed by atoms with Gasteiger partial charge in [-0.3, -0.25) is 0 Å². The number of rotatable bonds is 6. The van der Waals surface area contributed by atoms with E-state index in [2.05, 4.69) is 17.4 Å². The molecule has 0 spiro atoms. The van der Waals surface area contributed by atoms with Crippen molar-refractivity contribution in [3.8, 4) is 0 Å². The molecule has 0 aliphatic rings. The standard InChI is InChI=1S/C16H20N2O.ClH/c17-16(10-11-19)14-6-8-15(9-7-14)18-12-13-4-2-1-3-5-13;/h1-9,16,18-19H,10-12,17H2;1H/t16-;/m0./s1. The number of aliphatic hydroxyl groups is 1. The highest BCUT2D eigenvalue weighted by Crippen LogP contribution is 2.17. The minimum absolute atomic E-state index is 0. The first kappa shape index (κ1) is 16.5. The Labute approximate surface area is 126 Å². The van der Waals surface area contributed by atoms with Gasteiger partial charge in [-0.05, 0) is 29.7 Å². The number of nitrogens with one attached hydrogen (secondary N) is 1. The zero-order valence-electron chi connectivity index (χ0n) is 11.3. The monoisotopic (exact) mass is 292 g/mol. The molecule has 0 saturated carbocycles. The fraction of sp³-hybridized carbons (Fsp3) is 0.250. The van der Waals surface area contributed by atoms with Crippen LogP contribution in [0, 0.1) is 0 Å². The first-order valence-corrected chi connectivity index (χ1v) is 6.54. The van der Waals surface area contributed by atoms with Crippen molar-refractivity contribution < 1.29 is 5.11 Å². The molecular weight excluding hydrogens is 272 g/mol. The van der Waals surface area contributed by atoms with E-state index in [9.17, 15) is 0 Å². The molecule has 1 atom stereocenters. The van der Waals surface area contributed by atoms with E-state index in [1.165, 1.54) is 5.56 Å². The van der Waals surface area contributed by atoms with Gasteiger partial charge in [-0.25, -0.2) is 0 Å². The number of halogens is 1. The number of benzene rings is 2. The third kappa shape index (κ3) is 4.85. The van der Waals surface area contributed by atoms with Crippen LogP contribution in [-0.2, 0) is 6.54 Å². The molecule has 2 rings (SSSR count). The molecule has 0 radical (unpaired) electrons. The van der Waals surface area contributed by atoms with Gasteiger partial charge in [-0.1, -0.05) is 42.5 Å². The Morgan fingerprint density at radius 1 is 1.00 bits per heavy atom. The van der Waals surface area contributed by atoms with Crippen LogP contribution in [0.1, 0.15) is 23.6 Å². The van der Waals surface area contributed by atoms with E-state index < -0.39 is 0 Å². The van der Waals surface area contributed by atoms with Crippen molar-refractivity contribution in [3.63, 3.8) is 0 Å². The summed E-state index contributed by atoms with van der Waals surface area (Å²) in [5, 5.41) is 12.2. The molecule has 4 heteroatoms. The van der Waals surface area contributed by atoms with Crippen molar-refractivity contribution in [3.05, 3.63) is 65.7 Å². The summed E-state index contributed by atoms with van der Waals surface area (Å²) in [4.78, 5) is 0. The Balaban J connectivity index is 0.00000200. The molecule has 0 aromatic heterocycles. The van der Waals surface area contributed by atoms with E-state index in [4.69, 9.17) is 10.8 Å². The molecule has 0 heterocycles. The molecule has 20 heavy (non-hydrogen) atoms. The number of anilines is 1. The highest BCUT2D eigenvalue weighted by Gasteiger charge is 2.04. The normalized spacial score (nSPS) is 11.5. The van der Waals surface area contributed by atoms with Crippen LogP contribution in [0.5, 0.6) is 0 Å². The summed E-state index contributed by atoms with van der Waals surface area (Å²) in [5.41, 5.74) is 9.32. The molecule has 4 N–H and O–H groups in total. The Morgan fingerprint density at radius 3 is 2.25 bits per heavy atom. The second kappa shape index (κ2) is 8.59. The maximum atomic E-state index is 8.87. The van der Waals surface area contributed by atoms with Crippen LogP contribution in [0.2, 0.25) is 0 Å². The fourth-order valence-corrected chi connectivity index (χ4v) is 1.95. The number of nitrogens with two attached hydrogens (primary N) is 1. The van der Waals surface area contributed by atoms with Crippen molar-refractivity contribution in [1.82, 2.24) is 0 Å². The van der Waals surface area contributed by atoms with Gasteiger partial charge in [0.1, 0.15) is 0 Å². The topological polar surface area (TPSA) is 58.3 Å². The highest BCUT2D eigenvalue weighted by molar-refractivity contribution is 5.85. The van der Waals surface area contributed by atoms with Crippen LogP contribution in [0.4, 0.5) is 5.69 Å². The van der Waals surface area contributed by atoms with E-state index in [0.717, 1.165) is 17.8 Å². The largest absolute Gasteiger partial charge is 0.396 e. The second-order valence-electron chi connectivity index (χ2n) is 4.58. The van der Waals surface area contributed by atoms with Gasteiger partial charge in [0.05, 0.1) is 0 Å². The zero-order valence-corrected chi connectivity index (χ0v) is 12.1. The van der Waals surface area contributed by atoms with Crippen LogP contribution in [0.3, 0.4) is 0 Å². The Hall–Kier alpha value is -1.55.